The van der Waals surface area contributed by atoms with Crippen molar-refractivity contribution in [1.82, 2.24) is 0 Å². The Labute approximate surface area is 181 Å². The molecule has 0 heterocycles. The summed E-state index contributed by atoms with van der Waals surface area (Å²) in [5, 5.41) is 3.23. The largest absolute Gasteiger partial charge is 0.325 e. The number of halogens is 2. The fourth-order valence-electron chi connectivity index (χ4n) is 2.73. The van der Waals surface area contributed by atoms with Crippen molar-refractivity contribution in [3.05, 3.63) is 92.9 Å². The summed E-state index contributed by atoms with van der Waals surface area (Å²) >= 11 is 11.2. The van der Waals surface area contributed by atoms with Crippen LogP contribution < -0.4 is 5.32 Å². The number of carbonyl (C=O) groups excluding carboxylic acids is 2. The highest BCUT2D eigenvalue weighted by Crippen LogP contribution is 2.27. The van der Waals surface area contributed by atoms with Crippen LogP contribution in [0.3, 0.4) is 0 Å². The predicted molar refractivity (Wildman–Crippen MR) is 120 cm³/mol. The van der Waals surface area contributed by atoms with Gasteiger partial charge in [-0.3, -0.25) is 9.59 Å². The van der Waals surface area contributed by atoms with Gasteiger partial charge in [0.25, 0.3) is 0 Å². The van der Waals surface area contributed by atoms with E-state index in [1.807, 2.05) is 30.5 Å². The summed E-state index contributed by atoms with van der Waals surface area (Å²) in [6, 6.07) is 19.9. The van der Waals surface area contributed by atoms with Gasteiger partial charge in [-0.15, -0.1) is 11.8 Å². The quantitative estimate of drug-likeness (QED) is 0.340. The first kappa shape index (κ1) is 20.6. The number of rotatable bonds is 6. The number of anilines is 1. The molecular weight excluding hydrogens is 458 g/mol. The summed E-state index contributed by atoms with van der Waals surface area (Å²) in [5.74, 6) is -0.432. The van der Waals surface area contributed by atoms with Crippen LogP contribution in [-0.4, -0.2) is 17.9 Å². The molecule has 0 unspecified atom stereocenters. The Morgan fingerprint density at radius 2 is 1.71 bits per heavy atom. The van der Waals surface area contributed by atoms with Crippen molar-refractivity contribution in [1.29, 1.82) is 0 Å². The molecule has 0 atom stereocenters. The maximum Gasteiger partial charge on any atom is 0.228 e. The molecule has 1 N–H and O–H groups in total. The first-order valence-electron chi connectivity index (χ1n) is 8.49. The van der Waals surface area contributed by atoms with Crippen molar-refractivity contribution in [3.63, 3.8) is 0 Å². The fourth-order valence-corrected chi connectivity index (χ4v) is 3.72. The molecule has 0 aliphatic rings. The van der Waals surface area contributed by atoms with Crippen molar-refractivity contribution in [2.75, 3.05) is 11.6 Å². The third-order valence-corrected chi connectivity index (χ3v) is 5.71. The van der Waals surface area contributed by atoms with Gasteiger partial charge in [-0.25, -0.2) is 0 Å². The molecule has 28 heavy (non-hydrogen) atoms. The summed E-state index contributed by atoms with van der Waals surface area (Å²) in [4.78, 5) is 26.7. The Hall–Kier alpha value is -2.08. The third-order valence-electron chi connectivity index (χ3n) is 4.14. The van der Waals surface area contributed by atoms with Crippen LogP contribution in [0.1, 0.15) is 21.5 Å². The van der Waals surface area contributed by atoms with Gasteiger partial charge < -0.3 is 5.32 Å². The Kier molecular flexibility index (Phi) is 6.94. The molecule has 0 saturated carbocycles. The average molecular weight is 475 g/mol. The molecule has 3 aromatic carbocycles. The molecule has 0 aromatic heterocycles. The van der Waals surface area contributed by atoms with Crippen LogP contribution in [0.25, 0.3) is 0 Å². The molecule has 0 aliphatic heterocycles. The second kappa shape index (κ2) is 9.41. The van der Waals surface area contributed by atoms with Crippen molar-refractivity contribution >= 4 is 56.7 Å². The number of ketones is 1. The van der Waals surface area contributed by atoms with Gasteiger partial charge >= 0.3 is 0 Å². The van der Waals surface area contributed by atoms with Gasteiger partial charge in [-0.05, 0) is 54.3 Å². The highest BCUT2D eigenvalue weighted by atomic mass is 79.9. The fraction of sp³-hybridized carbons (Fsp3) is 0.0909. The van der Waals surface area contributed by atoms with E-state index >= 15 is 0 Å². The van der Waals surface area contributed by atoms with Crippen molar-refractivity contribution < 1.29 is 9.59 Å². The molecule has 3 rings (SSSR count). The zero-order chi connectivity index (χ0) is 20.1. The number of amides is 1. The monoisotopic (exact) mass is 473 g/mol. The van der Waals surface area contributed by atoms with E-state index in [0.717, 1.165) is 14.9 Å². The summed E-state index contributed by atoms with van der Waals surface area (Å²) in [5.41, 5.74) is 2.14. The Balaban J connectivity index is 1.83. The SMILES string of the molecule is CSc1ccc(CC(=O)Nc2ccc(Br)cc2C(=O)c2ccccc2Cl)cc1. The zero-order valence-corrected chi connectivity index (χ0v) is 18.2. The lowest BCUT2D eigenvalue weighted by Crippen LogP contribution is -2.17. The van der Waals surface area contributed by atoms with E-state index in [1.54, 1.807) is 54.2 Å². The molecule has 0 bridgehead atoms. The van der Waals surface area contributed by atoms with E-state index < -0.39 is 0 Å². The molecule has 3 nitrogen and oxygen atoms in total. The number of carbonyl (C=O) groups is 2. The van der Waals surface area contributed by atoms with Crippen LogP contribution >= 0.6 is 39.3 Å². The van der Waals surface area contributed by atoms with Crippen LogP contribution in [0.2, 0.25) is 5.02 Å². The van der Waals surface area contributed by atoms with Crippen LogP contribution in [0.15, 0.2) is 76.1 Å². The zero-order valence-electron chi connectivity index (χ0n) is 15.0. The molecule has 6 heteroatoms. The molecule has 0 radical (unpaired) electrons. The number of benzene rings is 3. The molecule has 0 spiro atoms. The highest BCUT2D eigenvalue weighted by Gasteiger charge is 2.18. The van der Waals surface area contributed by atoms with Crippen molar-refractivity contribution in [3.8, 4) is 0 Å². The summed E-state index contributed by atoms with van der Waals surface area (Å²) in [7, 11) is 0. The third kappa shape index (κ3) is 5.04. The number of thioether (sulfide) groups is 1. The molecule has 0 saturated heterocycles. The van der Waals surface area contributed by atoms with Gasteiger partial charge in [0, 0.05) is 20.5 Å². The minimum Gasteiger partial charge on any atom is -0.325 e. The summed E-state index contributed by atoms with van der Waals surface area (Å²) in [6.45, 7) is 0. The van der Waals surface area contributed by atoms with E-state index in [0.29, 0.717) is 21.8 Å². The Bertz CT molecular complexity index is 1020. The minimum atomic E-state index is -0.244. The standard InChI is InChI=1S/C22H17BrClNO2S/c1-28-16-9-6-14(7-10-16)12-21(26)25-20-11-8-15(23)13-18(20)22(27)17-4-2-3-5-19(17)24/h2-11,13H,12H2,1H3,(H,25,26). The maximum atomic E-state index is 13.0. The van der Waals surface area contributed by atoms with E-state index in [4.69, 9.17) is 11.6 Å². The second-order valence-corrected chi connectivity index (χ2v) is 8.27. The topological polar surface area (TPSA) is 46.2 Å². The number of hydrogen-bond acceptors (Lipinski definition) is 3. The number of hydrogen-bond donors (Lipinski definition) is 1. The van der Waals surface area contributed by atoms with E-state index in [-0.39, 0.29) is 18.1 Å². The summed E-state index contributed by atoms with van der Waals surface area (Å²) < 4.78 is 0.744. The summed E-state index contributed by atoms with van der Waals surface area (Å²) in [6.07, 6.45) is 2.23. The van der Waals surface area contributed by atoms with E-state index in [1.165, 1.54) is 0 Å². The molecule has 3 aromatic rings. The van der Waals surface area contributed by atoms with Gasteiger partial charge in [-0.1, -0.05) is 51.8 Å². The predicted octanol–water partition coefficient (Wildman–Crippen LogP) is 6.24. The normalized spacial score (nSPS) is 10.5. The minimum absolute atomic E-state index is 0.188. The van der Waals surface area contributed by atoms with Crippen LogP contribution in [0.5, 0.6) is 0 Å². The maximum absolute atomic E-state index is 13.0. The Morgan fingerprint density at radius 3 is 2.39 bits per heavy atom. The highest BCUT2D eigenvalue weighted by molar-refractivity contribution is 9.10. The van der Waals surface area contributed by atoms with Gasteiger partial charge in [0.1, 0.15) is 0 Å². The first-order valence-corrected chi connectivity index (χ1v) is 10.9. The van der Waals surface area contributed by atoms with Gasteiger partial charge in [0.15, 0.2) is 5.78 Å². The van der Waals surface area contributed by atoms with Crippen molar-refractivity contribution in [2.45, 2.75) is 11.3 Å². The smallest absolute Gasteiger partial charge is 0.228 e. The lowest BCUT2D eigenvalue weighted by molar-refractivity contribution is -0.115. The van der Waals surface area contributed by atoms with Crippen LogP contribution in [0, 0.1) is 0 Å². The van der Waals surface area contributed by atoms with E-state index in [9.17, 15) is 9.59 Å². The molecular formula is C22H17BrClNO2S. The molecule has 1 amide bonds. The molecule has 142 valence electrons. The van der Waals surface area contributed by atoms with Gasteiger partial charge in [0.2, 0.25) is 5.91 Å². The first-order chi connectivity index (χ1) is 13.5. The lowest BCUT2D eigenvalue weighted by atomic mass is 10.0. The van der Waals surface area contributed by atoms with E-state index in [2.05, 4.69) is 21.2 Å². The molecule has 0 fully saturated rings. The number of nitrogens with one attached hydrogen (secondary N) is 1. The van der Waals surface area contributed by atoms with Crippen LogP contribution in [-0.2, 0) is 11.2 Å². The van der Waals surface area contributed by atoms with Crippen molar-refractivity contribution in [2.24, 2.45) is 0 Å². The Morgan fingerprint density at radius 1 is 1.00 bits per heavy atom. The van der Waals surface area contributed by atoms with Gasteiger partial charge in [-0.2, -0.15) is 0 Å². The molecule has 0 aliphatic carbocycles. The van der Waals surface area contributed by atoms with Crippen LogP contribution in [0.4, 0.5) is 5.69 Å². The second-order valence-electron chi connectivity index (χ2n) is 6.07. The lowest BCUT2D eigenvalue weighted by Gasteiger charge is -2.12. The van der Waals surface area contributed by atoms with Gasteiger partial charge in [0.05, 0.1) is 17.1 Å². The average Bonchev–Trinajstić information content (AvgIpc) is 2.70.